The molecule has 0 spiro atoms. The Hall–Kier alpha value is -0.0400. The Morgan fingerprint density at radius 1 is 1.30 bits per heavy atom. The van der Waals surface area contributed by atoms with Crippen LogP contribution in [-0.2, 0) is 0 Å². The summed E-state index contributed by atoms with van der Waals surface area (Å²) in [6.07, 6.45) is 13.4. The molecule has 0 saturated heterocycles. The first-order chi connectivity index (χ1) is 4.86. The molecular weight excluding hydrogens is 188 g/mol. The first-order valence-corrected chi connectivity index (χ1v) is 4.53. The Morgan fingerprint density at radius 3 is 2.90 bits per heavy atom. The van der Waals surface area contributed by atoms with Crippen LogP contribution in [0.15, 0.2) is 24.3 Å². The smallest absolute Gasteiger partial charge is 0.0226 e. The highest BCUT2D eigenvalue weighted by molar-refractivity contribution is 9.09. The lowest BCUT2D eigenvalue weighted by atomic mass is 9.92. The van der Waals surface area contributed by atoms with E-state index in [1.165, 1.54) is 6.42 Å². The topological polar surface area (TPSA) is 0 Å². The molecule has 2 radical (unpaired) electrons. The first kappa shape index (κ1) is 6.66. The molecule has 0 N–H and O–H groups in total. The largest absolute Gasteiger partial charge is 0.0884 e. The number of halogens is 1. The molecule has 52 valence electrons. The van der Waals surface area contributed by atoms with E-state index in [9.17, 15) is 0 Å². The lowest BCUT2D eigenvalue weighted by molar-refractivity contribution is 0.590. The van der Waals surface area contributed by atoms with E-state index in [0.29, 0.717) is 10.7 Å². The molecule has 3 unspecified atom stereocenters. The lowest BCUT2D eigenvalue weighted by Gasteiger charge is -2.12. The second-order valence-corrected chi connectivity index (χ2v) is 3.93. The average molecular weight is 197 g/mol. The molecular formula is C9H9Br. The molecule has 0 nitrogen and oxygen atoms in total. The van der Waals surface area contributed by atoms with Crippen LogP contribution in [0.25, 0.3) is 0 Å². The van der Waals surface area contributed by atoms with Crippen molar-refractivity contribution in [2.24, 2.45) is 11.8 Å². The maximum atomic E-state index is 3.55. The van der Waals surface area contributed by atoms with Gasteiger partial charge < -0.3 is 0 Å². The van der Waals surface area contributed by atoms with Crippen LogP contribution in [0.3, 0.4) is 0 Å². The van der Waals surface area contributed by atoms with Crippen LogP contribution >= 0.6 is 15.9 Å². The molecule has 3 atom stereocenters. The minimum atomic E-state index is 0.509. The number of allylic oxidation sites excluding steroid dienone is 4. The standard InChI is InChI=1S/C9H9Br/c10-9-5-7-3-1-2-4-8(7)6-9/h1-4,7-9H,5H2. The molecule has 0 aromatic rings. The van der Waals surface area contributed by atoms with Crippen LogP contribution in [0.5, 0.6) is 0 Å². The molecule has 0 amide bonds. The Morgan fingerprint density at radius 2 is 2.10 bits per heavy atom. The summed E-state index contributed by atoms with van der Waals surface area (Å²) < 4.78 is 0. The van der Waals surface area contributed by atoms with Gasteiger partial charge in [0.15, 0.2) is 0 Å². The molecule has 0 aliphatic heterocycles. The number of fused-ring (bicyclic) bond motifs is 1. The highest BCUT2D eigenvalue weighted by Gasteiger charge is 2.30. The highest BCUT2D eigenvalue weighted by Crippen LogP contribution is 2.38. The van der Waals surface area contributed by atoms with Crippen LogP contribution in [-0.4, -0.2) is 4.83 Å². The molecule has 0 bridgehead atoms. The van der Waals surface area contributed by atoms with Crippen LogP contribution in [0.1, 0.15) is 6.42 Å². The number of hydrogen-bond donors (Lipinski definition) is 0. The quantitative estimate of drug-likeness (QED) is 0.523. The molecule has 0 heterocycles. The average Bonchev–Trinajstić information content (AvgIpc) is 2.27. The van der Waals surface area contributed by atoms with Crippen molar-refractivity contribution >= 4 is 15.9 Å². The van der Waals surface area contributed by atoms with Crippen molar-refractivity contribution in [2.75, 3.05) is 0 Å². The maximum Gasteiger partial charge on any atom is 0.0226 e. The monoisotopic (exact) mass is 196 g/mol. The van der Waals surface area contributed by atoms with E-state index >= 15 is 0 Å². The summed E-state index contributed by atoms with van der Waals surface area (Å²) >= 11 is 3.55. The molecule has 0 aromatic carbocycles. The van der Waals surface area contributed by atoms with Gasteiger partial charge in [0.25, 0.3) is 0 Å². The van der Waals surface area contributed by atoms with Crippen molar-refractivity contribution in [3.05, 3.63) is 30.7 Å². The summed E-state index contributed by atoms with van der Waals surface area (Å²) in [5.74, 6) is 1.30. The Balaban J connectivity index is 2.14. The predicted molar refractivity (Wildman–Crippen MR) is 45.8 cm³/mol. The van der Waals surface area contributed by atoms with Gasteiger partial charge in [-0.1, -0.05) is 40.2 Å². The SMILES string of the molecule is BrC1[C]C2C=CC=CC2C1. The van der Waals surface area contributed by atoms with Crippen molar-refractivity contribution in [1.29, 1.82) is 0 Å². The molecule has 2 aliphatic rings. The summed E-state index contributed by atoms with van der Waals surface area (Å²) in [6.45, 7) is 0. The van der Waals surface area contributed by atoms with Gasteiger partial charge in [-0.05, 0) is 18.3 Å². The molecule has 10 heavy (non-hydrogen) atoms. The minimum Gasteiger partial charge on any atom is -0.0884 e. The van der Waals surface area contributed by atoms with Crippen molar-refractivity contribution in [3.8, 4) is 0 Å². The Labute approximate surface area is 70.1 Å². The van der Waals surface area contributed by atoms with E-state index in [0.717, 1.165) is 5.92 Å². The van der Waals surface area contributed by atoms with Crippen LogP contribution in [0, 0.1) is 18.3 Å². The van der Waals surface area contributed by atoms with Gasteiger partial charge in [-0.25, -0.2) is 0 Å². The van der Waals surface area contributed by atoms with Gasteiger partial charge >= 0.3 is 0 Å². The van der Waals surface area contributed by atoms with Crippen molar-refractivity contribution in [2.45, 2.75) is 11.2 Å². The number of hydrogen-bond acceptors (Lipinski definition) is 0. The second-order valence-electron chi connectivity index (χ2n) is 2.83. The van der Waals surface area contributed by atoms with E-state index in [-0.39, 0.29) is 0 Å². The zero-order chi connectivity index (χ0) is 6.97. The molecule has 1 fully saturated rings. The molecule has 2 rings (SSSR count). The number of rotatable bonds is 0. The molecule has 2 aliphatic carbocycles. The van der Waals surface area contributed by atoms with E-state index in [4.69, 9.17) is 0 Å². The zero-order valence-electron chi connectivity index (χ0n) is 5.63. The van der Waals surface area contributed by atoms with Crippen molar-refractivity contribution in [1.82, 2.24) is 0 Å². The van der Waals surface area contributed by atoms with E-state index in [1.54, 1.807) is 0 Å². The summed E-state index contributed by atoms with van der Waals surface area (Å²) in [6, 6.07) is 0. The van der Waals surface area contributed by atoms with Gasteiger partial charge in [-0.2, -0.15) is 0 Å². The van der Waals surface area contributed by atoms with E-state index in [2.05, 4.69) is 46.7 Å². The lowest BCUT2D eigenvalue weighted by Crippen LogP contribution is -2.03. The fraction of sp³-hybridized carbons (Fsp3) is 0.444. The van der Waals surface area contributed by atoms with E-state index < -0.39 is 0 Å². The zero-order valence-corrected chi connectivity index (χ0v) is 7.21. The third-order valence-corrected chi connectivity index (χ3v) is 2.74. The van der Waals surface area contributed by atoms with Gasteiger partial charge in [0, 0.05) is 11.2 Å². The van der Waals surface area contributed by atoms with Crippen molar-refractivity contribution in [3.63, 3.8) is 0 Å². The van der Waals surface area contributed by atoms with Crippen LogP contribution < -0.4 is 0 Å². The summed E-state index contributed by atoms with van der Waals surface area (Å²) in [5, 5.41) is 0. The highest BCUT2D eigenvalue weighted by atomic mass is 79.9. The van der Waals surface area contributed by atoms with Crippen LogP contribution in [0.2, 0.25) is 0 Å². The fourth-order valence-electron chi connectivity index (χ4n) is 1.57. The minimum absolute atomic E-state index is 0.509. The van der Waals surface area contributed by atoms with Gasteiger partial charge in [-0.15, -0.1) is 0 Å². The summed E-state index contributed by atoms with van der Waals surface area (Å²) in [5.41, 5.74) is 0. The molecule has 1 saturated carbocycles. The van der Waals surface area contributed by atoms with Crippen LogP contribution in [0.4, 0.5) is 0 Å². The second kappa shape index (κ2) is 2.54. The summed E-state index contributed by atoms with van der Waals surface area (Å²) in [4.78, 5) is 0.509. The predicted octanol–water partition coefficient (Wildman–Crippen LogP) is 2.59. The number of alkyl halides is 1. The normalized spacial score (nSPS) is 43.9. The maximum absolute atomic E-state index is 3.55. The van der Waals surface area contributed by atoms with Gasteiger partial charge in [0.05, 0.1) is 0 Å². The first-order valence-electron chi connectivity index (χ1n) is 3.61. The van der Waals surface area contributed by atoms with Gasteiger partial charge in [0.1, 0.15) is 0 Å². The Kier molecular flexibility index (Phi) is 1.69. The molecule has 1 heteroatoms. The van der Waals surface area contributed by atoms with Gasteiger partial charge in [0.2, 0.25) is 0 Å². The summed E-state index contributed by atoms with van der Waals surface area (Å²) in [7, 11) is 0. The fourth-order valence-corrected chi connectivity index (χ4v) is 2.31. The third kappa shape index (κ3) is 1.07. The third-order valence-electron chi connectivity index (χ3n) is 2.10. The Bertz CT molecular complexity index is 161. The van der Waals surface area contributed by atoms with Gasteiger partial charge in [-0.3, -0.25) is 0 Å². The van der Waals surface area contributed by atoms with E-state index in [1.807, 2.05) is 0 Å². The van der Waals surface area contributed by atoms with Crippen molar-refractivity contribution < 1.29 is 0 Å². The molecule has 0 aromatic heterocycles.